The van der Waals surface area contributed by atoms with Gasteiger partial charge in [0.2, 0.25) is 0 Å². The molecule has 0 aromatic rings. The van der Waals surface area contributed by atoms with Crippen LogP contribution in [0, 0.1) is 11.8 Å². The van der Waals surface area contributed by atoms with Gasteiger partial charge in [-0.15, -0.1) is 0 Å². The van der Waals surface area contributed by atoms with Gasteiger partial charge in [0.25, 0.3) is 0 Å². The van der Waals surface area contributed by atoms with E-state index in [2.05, 4.69) is 62.6 Å². The molecule has 0 saturated heterocycles. The first-order chi connectivity index (χ1) is 10.6. The van der Waals surface area contributed by atoms with Crippen molar-refractivity contribution in [1.29, 1.82) is 0 Å². The fourth-order valence-electron chi connectivity index (χ4n) is 3.77. The lowest BCUT2D eigenvalue weighted by Crippen LogP contribution is -1.96. The fourth-order valence-corrected chi connectivity index (χ4v) is 3.77. The largest absolute Gasteiger partial charge is 0.0955 e. The Kier molecular flexibility index (Phi) is 4.47. The van der Waals surface area contributed by atoms with Gasteiger partial charge in [0.05, 0.1) is 0 Å². The topological polar surface area (TPSA) is 0 Å². The third kappa shape index (κ3) is 3.68. The van der Waals surface area contributed by atoms with Gasteiger partial charge in [-0.1, -0.05) is 68.5 Å². The average molecular weight is 290 g/mol. The Morgan fingerprint density at radius 1 is 1.00 bits per heavy atom. The van der Waals surface area contributed by atoms with E-state index in [4.69, 9.17) is 0 Å². The molecule has 0 aliphatic heterocycles. The summed E-state index contributed by atoms with van der Waals surface area (Å²) >= 11 is 0. The van der Waals surface area contributed by atoms with Gasteiger partial charge in [0.15, 0.2) is 0 Å². The normalized spacial score (nSPS) is 28.3. The van der Waals surface area contributed by atoms with Crippen molar-refractivity contribution in [2.45, 2.75) is 39.0 Å². The van der Waals surface area contributed by atoms with Gasteiger partial charge in [-0.2, -0.15) is 0 Å². The number of rotatable bonds is 3. The van der Waals surface area contributed by atoms with E-state index in [0.29, 0.717) is 0 Å². The van der Waals surface area contributed by atoms with Crippen molar-refractivity contribution in [3.8, 4) is 0 Å². The van der Waals surface area contributed by atoms with Gasteiger partial charge in [0, 0.05) is 0 Å². The predicted molar refractivity (Wildman–Crippen MR) is 96.5 cm³/mol. The summed E-state index contributed by atoms with van der Waals surface area (Å²) in [4.78, 5) is 0. The molecule has 3 rings (SSSR count). The molecule has 0 heterocycles. The summed E-state index contributed by atoms with van der Waals surface area (Å²) in [6, 6.07) is 0. The smallest absolute Gasteiger partial charge is 0.00998 e. The van der Waals surface area contributed by atoms with E-state index in [0.717, 1.165) is 23.8 Å². The number of hydrogen-bond donors (Lipinski definition) is 0. The van der Waals surface area contributed by atoms with Crippen molar-refractivity contribution in [1.82, 2.24) is 0 Å². The highest BCUT2D eigenvalue weighted by Gasteiger charge is 2.21. The van der Waals surface area contributed by atoms with Crippen molar-refractivity contribution in [3.63, 3.8) is 0 Å². The van der Waals surface area contributed by atoms with E-state index in [1.54, 1.807) is 0 Å². The molecular formula is C22H26. The molecule has 0 bridgehead atoms. The van der Waals surface area contributed by atoms with Crippen molar-refractivity contribution in [2.75, 3.05) is 0 Å². The second kappa shape index (κ2) is 6.52. The van der Waals surface area contributed by atoms with Crippen LogP contribution in [0.4, 0.5) is 0 Å². The summed E-state index contributed by atoms with van der Waals surface area (Å²) < 4.78 is 0. The van der Waals surface area contributed by atoms with Gasteiger partial charge in [0.1, 0.15) is 0 Å². The molecule has 3 aliphatic carbocycles. The van der Waals surface area contributed by atoms with Crippen molar-refractivity contribution in [3.05, 3.63) is 83.6 Å². The van der Waals surface area contributed by atoms with Crippen LogP contribution in [0.15, 0.2) is 83.6 Å². The zero-order valence-corrected chi connectivity index (χ0v) is 13.6. The van der Waals surface area contributed by atoms with Crippen LogP contribution in [0.3, 0.4) is 0 Å². The Morgan fingerprint density at radius 2 is 1.82 bits per heavy atom. The van der Waals surface area contributed by atoms with Crippen LogP contribution in [-0.2, 0) is 0 Å². The van der Waals surface area contributed by atoms with Crippen LogP contribution < -0.4 is 0 Å². The second-order valence-electron chi connectivity index (χ2n) is 7.08. The fraction of sp³-hybridized carbons (Fsp3) is 0.364. The molecular weight excluding hydrogens is 264 g/mol. The predicted octanol–water partition coefficient (Wildman–Crippen LogP) is 6.23. The molecule has 0 N–H and O–H groups in total. The number of allylic oxidation sites excluding steroid dienone is 12. The minimum absolute atomic E-state index is 0.855. The molecule has 2 unspecified atom stereocenters. The molecule has 3 aliphatic rings. The maximum absolute atomic E-state index is 4.21. The van der Waals surface area contributed by atoms with Crippen molar-refractivity contribution >= 4 is 0 Å². The molecule has 1 fully saturated rings. The third-order valence-electron chi connectivity index (χ3n) is 4.89. The number of hydrogen-bond acceptors (Lipinski definition) is 0. The molecule has 2 atom stereocenters. The van der Waals surface area contributed by atoms with Crippen LogP contribution in [-0.4, -0.2) is 0 Å². The lowest BCUT2D eigenvalue weighted by atomic mass is 9.95. The second-order valence-corrected chi connectivity index (χ2v) is 7.08. The summed E-state index contributed by atoms with van der Waals surface area (Å²) in [5.41, 5.74) is 6.20. The van der Waals surface area contributed by atoms with Crippen molar-refractivity contribution < 1.29 is 0 Å². The molecule has 1 saturated carbocycles. The lowest BCUT2D eigenvalue weighted by Gasteiger charge is -2.10. The Bertz CT molecular complexity index is 631. The van der Waals surface area contributed by atoms with E-state index >= 15 is 0 Å². The molecule has 0 nitrogen and oxygen atoms in total. The van der Waals surface area contributed by atoms with E-state index in [9.17, 15) is 0 Å². The van der Waals surface area contributed by atoms with Gasteiger partial charge < -0.3 is 0 Å². The molecule has 0 radical (unpaired) electrons. The maximum atomic E-state index is 4.21. The minimum atomic E-state index is 0.855. The SMILES string of the molecule is C=C1C=C(CC2CCC(C)C2)C=CC(C2=CC(=C)CC=C2)=C1. The Balaban J connectivity index is 1.73. The quantitative estimate of drug-likeness (QED) is 0.577. The average Bonchev–Trinajstić information content (AvgIpc) is 2.78. The van der Waals surface area contributed by atoms with E-state index in [1.807, 2.05) is 0 Å². The van der Waals surface area contributed by atoms with Gasteiger partial charge in [-0.05, 0) is 65.9 Å². The Labute approximate surface area is 135 Å². The standard InChI is InChI=1S/C22H26/c1-16-5-4-6-21(13-16)22-10-9-20(12-18(3)14-22)15-19-8-7-17(2)11-19/h4,6,9-10,12-14,17,19H,1,3,5,7-8,11,15H2,2H3. The first kappa shape index (κ1) is 15.1. The van der Waals surface area contributed by atoms with Gasteiger partial charge in [-0.3, -0.25) is 0 Å². The molecule has 0 spiro atoms. The zero-order chi connectivity index (χ0) is 15.5. The molecule has 0 heteroatoms. The van der Waals surface area contributed by atoms with Gasteiger partial charge in [-0.25, -0.2) is 0 Å². The summed E-state index contributed by atoms with van der Waals surface area (Å²) in [5, 5.41) is 0. The molecule has 22 heavy (non-hydrogen) atoms. The Hall–Kier alpha value is -1.82. The van der Waals surface area contributed by atoms with Crippen LogP contribution in [0.5, 0.6) is 0 Å². The van der Waals surface area contributed by atoms with Crippen LogP contribution >= 0.6 is 0 Å². The van der Waals surface area contributed by atoms with Gasteiger partial charge >= 0.3 is 0 Å². The minimum Gasteiger partial charge on any atom is -0.0955 e. The third-order valence-corrected chi connectivity index (χ3v) is 4.89. The van der Waals surface area contributed by atoms with Crippen LogP contribution in [0.2, 0.25) is 0 Å². The van der Waals surface area contributed by atoms with Crippen LogP contribution in [0.1, 0.15) is 39.0 Å². The summed E-state index contributed by atoms with van der Waals surface area (Å²) in [5.74, 6) is 1.76. The molecule has 0 aromatic heterocycles. The monoisotopic (exact) mass is 290 g/mol. The summed E-state index contributed by atoms with van der Waals surface area (Å²) in [7, 11) is 0. The Morgan fingerprint density at radius 3 is 2.55 bits per heavy atom. The lowest BCUT2D eigenvalue weighted by molar-refractivity contribution is 0.515. The molecule has 114 valence electrons. The van der Waals surface area contributed by atoms with E-state index < -0.39 is 0 Å². The first-order valence-corrected chi connectivity index (χ1v) is 8.46. The highest BCUT2D eigenvalue weighted by molar-refractivity contribution is 5.57. The molecule has 0 aromatic carbocycles. The van der Waals surface area contributed by atoms with E-state index in [-0.39, 0.29) is 0 Å². The maximum Gasteiger partial charge on any atom is -0.00998 e. The zero-order valence-electron chi connectivity index (χ0n) is 13.6. The summed E-state index contributed by atoms with van der Waals surface area (Å²) in [6.07, 6.45) is 21.9. The molecule has 0 amide bonds. The summed E-state index contributed by atoms with van der Waals surface area (Å²) in [6.45, 7) is 10.7. The highest BCUT2D eigenvalue weighted by Crippen LogP contribution is 2.36. The highest BCUT2D eigenvalue weighted by atomic mass is 14.3. The first-order valence-electron chi connectivity index (χ1n) is 8.46. The van der Waals surface area contributed by atoms with Crippen LogP contribution in [0.25, 0.3) is 0 Å². The van der Waals surface area contributed by atoms with E-state index in [1.165, 1.54) is 48.0 Å². The van der Waals surface area contributed by atoms with Crippen molar-refractivity contribution in [2.24, 2.45) is 11.8 Å².